The van der Waals surface area contributed by atoms with Crippen LogP contribution in [0.2, 0.25) is 0 Å². The summed E-state index contributed by atoms with van der Waals surface area (Å²) in [6.45, 7) is 4.22. The molecule has 0 unspecified atom stereocenters. The van der Waals surface area contributed by atoms with Gasteiger partial charge in [0.1, 0.15) is 0 Å². The van der Waals surface area contributed by atoms with Crippen molar-refractivity contribution in [1.82, 2.24) is 4.98 Å². The van der Waals surface area contributed by atoms with Crippen LogP contribution >= 0.6 is 11.3 Å². The Kier molecular flexibility index (Phi) is 1.96. The Morgan fingerprint density at radius 3 is 2.54 bits per heavy atom. The summed E-state index contributed by atoms with van der Waals surface area (Å²) in [5.74, 6) is 0. The Balaban J connectivity index is 2.80. The maximum absolute atomic E-state index is 4.50. The van der Waals surface area contributed by atoms with Gasteiger partial charge in [0.2, 0.25) is 0 Å². The average Bonchev–Trinajstić information content (AvgIpc) is 2.56. The number of fused-ring (bicyclic) bond motifs is 1. The summed E-state index contributed by atoms with van der Waals surface area (Å²) in [7, 11) is 1.91. The highest BCUT2D eigenvalue weighted by molar-refractivity contribution is 7.22. The number of thiazole rings is 1. The van der Waals surface area contributed by atoms with Gasteiger partial charge in [-0.2, -0.15) is 0 Å². The third-order valence-corrected chi connectivity index (χ3v) is 3.36. The minimum absolute atomic E-state index is 0.993. The molecule has 1 heterocycles. The van der Waals surface area contributed by atoms with Crippen LogP contribution in [0.1, 0.15) is 11.1 Å². The predicted molar refractivity (Wildman–Crippen MR) is 58.6 cm³/mol. The van der Waals surface area contributed by atoms with E-state index in [4.69, 9.17) is 0 Å². The summed E-state index contributed by atoms with van der Waals surface area (Å²) in [6, 6.07) is 4.27. The summed E-state index contributed by atoms with van der Waals surface area (Å²) < 4.78 is 1.30. The highest BCUT2D eigenvalue weighted by atomic mass is 32.1. The second kappa shape index (κ2) is 3.00. The van der Waals surface area contributed by atoms with Crippen LogP contribution < -0.4 is 5.32 Å². The second-order valence-electron chi connectivity index (χ2n) is 3.15. The summed E-state index contributed by atoms with van der Waals surface area (Å²) >= 11 is 1.72. The Bertz CT molecular complexity index is 406. The lowest BCUT2D eigenvalue weighted by atomic mass is 10.1. The molecule has 0 radical (unpaired) electrons. The van der Waals surface area contributed by atoms with Gasteiger partial charge in [0.05, 0.1) is 10.2 Å². The van der Waals surface area contributed by atoms with Crippen molar-refractivity contribution in [3.05, 3.63) is 23.3 Å². The SMILES string of the molecule is CNc1nc2c(C)ccc(C)c2s1. The summed E-state index contributed by atoms with van der Waals surface area (Å²) in [4.78, 5) is 4.50. The van der Waals surface area contributed by atoms with E-state index < -0.39 is 0 Å². The zero-order chi connectivity index (χ0) is 9.42. The first kappa shape index (κ1) is 8.51. The molecule has 68 valence electrons. The molecule has 0 aliphatic carbocycles. The Labute approximate surface area is 81.6 Å². The zero-order valence-corrected chi connectivity index (χ0v) is 8.83. The van der Waals surface area contributed by atoms with Gasteiger partial charge in [-0.1, -0.05) is 23.5 Å². The molecule has 2 rings (SSSR count). The van der Waals surface area contributed by atoms with E-state index >= 15 is 0 Å². The van der Waals surface area contributed by atoms with Crippen LogP contribution in [-0.4, -0.2) is 12.0 Å². The average molecular weight is 192 g/mol. The lowest BCUT2D eigenvalue weighted by molar-refractivity contribution is 1.37. The fourth-order valence-electron chi connectivity index (χ4n) is 1.37. The number of nitrogens with one attached hydrogen (secondary N) is 1. The zero-order valence-electron chi connectivity index (χ0n) is 8.01. The van der Waals surface area contributed by atoms with Gasteiger partial charge in [-0.25, -0.2) is 4.98 Å². The van der Waals surface area contributed by atoms with E-state index in [1.807, 2.05) is 7.05 Å². The van der Waals surface area contributed by atoms with Crippen molar-refractivity contribution in [1.29, 1.82) is 0 Å². The summed E-state index contributed by atoms with van der Waals surface area (Å²) in [6.07, 6.45) is 0. The number of hydrogen-bond acceptors (Lipinski definition) is 3. The fraction of sp³-hybridized carbons (Fsp3) is 0.300. The molecule has 0 saturated carbocycles. The monoisotopic (exact) mass is 192 g/mol. The lowest BCUT2D eigenvalue weighted by Gasteiger charge is -1.96. The number of hydrogen-bond donors (Lipinski definition) is 1. The number of anilines is 1. The molecule has 0 aliphatic rings. The van der Waals surface area contributed by atoms with E-state index in [1.165, 1.54) is 15.8 Å². The van der Waals surface area contributed by atoms with Gasteiger partial charge >= 0.3 is 0 Å². The fourth-order valence-corrected chi connectivity index (χ4v) is 2.33. The lowest BCUT2D eigenvalue weighted by Crippen LogP contribution is -1.84. The van der Waals surface area contributed by atoms with E-state index in [9.17, 15) is 0 Å². The quantitative estimate of drug-likeness (QED) is 0.751. The molecule has 0 bridgehead atoms. The first-order valence-corrected chi connectivity index (χ1v) is 5.08. The number of nitrogens with zero attached hydrogens (tertiary/aromatic N) is 1. The van der Waals surface area contributed by atoms with Crippen LogP contribution in [0, 0.1) is 13.8 Å². The molecule has 2 nitrogen and oxygen atoms in total. The Hall–Kier alpha value is -1.09. The highest BCUT2D eigenvalue weighted by Gasteiger charge is 2.06. The van der Waals surface area contributed by atoms with Gasteiger partial charge in [-0.05, 0) is 25.0 Å². The highest BCUT2D eigenvalue weighted by Crippen LogP contribution is 2.30. The molecule has 0 atom stereocenters. The van der Waals surface area contributed by atoms with Gasteiger partial charge < -0.3 is 5.32 Å². The number of aryl methyl sites for hydroxylation is 2. The normalized spacial score (nSPS) is 10.7. The first-order chi connectivity index (χ1) is 6.22. The molecule has 0 fully saturated rings. The van der Waals surface area contributed by atoms with Crippen LogP contribution in [0.25, 0.3) is 10.2 Å². The minimum atomic E-state index is 0.993. The van der Waals surface area contributed by atoms with Gasteiger partial charge in [0, 0.05) is 7.05 Å². The van der Waals surface area contributed by atoms with Crippen molar-refractivity contribution >= 4 is 26.7 Å². The van der Waals surface area contributed by atoms with Gasteiger partial charge in [-0.3, -0.25) is 0 Å². The molecule has 0 amide bonds. The molecule has 0 saturated heterocycles. The van der Waals surface area contributed by atoms with Crippen molar-refractivity contribution in [3.8, 4) is 0 Å². The van der Waals surface area contributed by atoms with Crippen LogP contribution in [0.4, 0.5) is 5.13 Å². The van der Waals surface area contributed by atoms with E-state index in [0.717, 1.165) is 10.6 Å². The molecule has 0 aliphatic heterocycles. The van der Waals surface area contributed by atoms with E-state index in [1.54, 1.807) is 11.3 Å². The molecule has 3 heteroatoms. The standard InChI is InChI=1S/C10H12N2S/c1-6-4-5-7(2)9-8(6)12-10(11-3)13-9/h4-5H,1-3H3,(H,11,12). The number of aromatic nitrogens is 1. The van der Waals surface area contributed by atoms with Crippen molar-refractivity contribution in [3.63, 3.8) is 0 Å². The van der Waals surface area contributed by atoms with Gasteiger partial charge in [0.25, 0.3) is 0 Å². The molecule has 1 aromatic heterocycles. The topological polar surface area (TPSA) is 24.9 Å². The van der Waals surface area contributed by atoms with E-state index in [2.05, 4.69) is 36.3 Å². The molecule has 2 aromatic rings. The minimum Gasteiger partial charge on any atom is -0.365 e. The summed E-state index contributed by atoms with van der Waals surface area (Å²) in [5, 5.41) is 4.07. The molecular formula is C10H12N2S. The summed E-state index contributed by atoms with van der Waals surface area (Å²) in [5.41, 5.74) is 3.69. The van der Waals surface area contributed by atoms with Crippen LogP contribution in [0.3, 0.4) is 0 Å². The molecule has 1 aromatic carbocycles. The molecule has 0 spiro atoms. The maximum Gasteiger partial charge on any atom is 0.183 e. The maximum atomic E-state index is 4.50. The predicted octanol–water partition coefficient (Wildman–Crippen LogP) is 2.95. The van der Waals surface area contributed by atoms with E-state index in [0.29, 0.717) is 0 Å². The van der Waals surface area contributed by atoms with Crippen LogP contribution in [0.15, 0.2) is 12.1 Å². The second-order valence-corrected chi connectivity index (χ2v) is 4.15. The smallest absolute Gasteiger partial charge is 0.183 e. The van der Waals surface area contributed by atoms with Crippen molar-refractivity contribution in [2.75, 3.05) is 12.4 Å². The van der Waals surface area contributed by atoms with Gasteiger partial charge in [-0.15, -0.1) is 0 Å². The van der Waals surface area contributed by atoms with Crippen molar-refractivity contribution in [2.45, 2.75) is 13.8 Å². The van der Waals surface area contributed by atoms with Crippen molar-refractivity contribution < 1.29 is 0 Å². The van der Waals surface area contributed by atoms with Gasteiger partial charge in [0.15, 0.2) is 5.13 Å². The van der Waals surface area contributed by atoms with Crippen molar-refractivity contribution in [2.24, 2.45) is 0 Å². The van der Waals surface area contributed by atoms with E-state index in [-0.39, 0.29) is 0 Å². The molecule has 13 heavy (non-hydrogen) atoms. The van der Waals surface area contributed by atoms with Crippen LogP contribution in [-0.2, 0) is 0 Å². The third-order valence-electron chi connectivity index (χ3n) is 2.16. The number of rotatable bonds is 1. The molecular weight excluding hydrogens is 180 g/mol. The third kappa shape index (κ3) is 1.29. The molecule has 1 N–H and O–H groups in total. The van der Waals surface area contributed by atoms with Crippen LogP contribution in [0.5, 0.6) is 0 Å². The largest absolute Gasteiger partial charge is 0.365 e. The first-order valence-electron chi connectivity index (χ1n) is 4.27. The Morgan fingerprint density at radius 2 is 1.92 bits per heavy atom. The Morgan fingerprint density at radius 1 is 1.23 bits per heavy atom. The number of benzene rings is 1.